The van der Waals surface area contributed by atoms with Gasteiger partial charge in [0.15, 0.2) is 5.69 Å². The molecule has 1 saturated carbocycles. The summed E-state index contributed by atoms with van der Waals surface area (Å²) >= 11 is 5.95. The summed E-state index contributed by atoms with van der Waals surface area (Å²) in [5, 5.41) is 4.39. The number of ether oxygens (including phenoxy) is 1. The summed E-state index contributed by atoms with van der Waals surface area (Å²) in [5.41, 5.74) is -0.822. The molecular formula is C20H21ClF3N3O2. The van der Waals surface area contributed by atoms with Crippen molar-refractivity contribution in [1.29, 1.82) is 0 Å². The first-order chi connectivity index (χ1) is 13.7. The van der Waals surface area contributed by atoms with Crippen molar-refractivity contribution >= 4 is 23.4 Å². The van der Waals surface area contributed by atoms with Gasteiger partial charge in [0.2, 0.25) is 0 Å². The Morgan fingerprint density at radius 3 is 2.48 bits per heavy atom. The highest BCUT2D eigenvalue weighted by Gasteiger charge is 2.47. The Labute approximate surface area is 171 Å². The third-order valence-electron chi connectivity index (χ3n) is 5.81. The molecule has 156 valence electrons. The van der Waals surface area contributed by atoms with Gasteiger partial charge in [0, 0.05) is 24.7 Å². The Morgan fingerprint density at radius 2 is 1.93 bits per heavy atom. The van der Waals surface area contributed by atoms with E-state index in [1.807, 2.05) is 17.0 Å². The first kappa shape index (κ1) is 20.1. The monoisotopic (exact) mass is 427 g/mol. The smallest absolute Gasteiger partial charge is 0.436 e. The molecular weight excluding hydrogens is 407 g/mol. The van der Waals surface area contributed by atoms with E-state index in [-0.39, 0.29) is 11.7 Å². The number of carbonyl (C=O) groups excluding carboxylic acids is 1. The number of anilines is 1. The van der Waals surface area contributed by atoms with Crippen molar-refractivity contribution in [1.82, 2.24) is 9.78 Å². The number of benzene rings is 1. The van der Waals surface area contributed by atoms with Gasteiger partial charge in [-0.05, 0) is 41.9 Å². The maximum atomic E-state index is 13.6. The fraction of sp³-hybridized carbons (Fsp3) is 0.500. The van der Waals surface area contributed by atoms with Gasteiger partial charge in [-0.25, -0.2) is 9.48 Å². The maximum absolute atomic E-state index is 13.6. The third-order valence-corrected chi connectivity index (χ3v) is 6.06. The molecule has 0 spiro atoms. The number of rotatable bonds is 4. The van der Waals surface area contributed by atoms with Crippen LogP contribution in [0, 0.1) is 17.8 Å². The molecule has 1 aliphatic heterocycles. The van der Waals surface area contributed by atoms with Gasteiger partial charge in [-0.3, -0.25) is 0 Å². The molecule has 4 rings (SSSR count). The Morgan fingerprint density at radius 1 is 1.28 bits per heavy atom. The van der Waals surface area contributed by atoms with Crippen LogP contribution in [0.4, 0.5) is 19.0 Å². The number of esters is 1. The molecule has 1 aliphatic carbocycles. The van der Waals surface area contributed by atoms with Crippen LogP contribution in [0.25, 0.3) is 0 Å². The average Bonchev–Trinajstić information content (AvgIpc) is 3.25. The largest absolute Gasteiger partial charge is 0.465 e. The van der Waals surface area contributed by atoms with E-state index in [9.17, 15) is 18.0 Å². The predicted octanol–water partition coefficient (Wildman–Crippen LogP) is 4.63. The van der Waals surface area contributed by atoms with E-state index in [1.165, 1.54) is 4.68 Å². The summed E-state index contributed by atoms with van der Waals surface area (Å²) in [6, 6.07) is 7.13. The lowest BCUT2D eigenvalue weighted by molar-refractivity contribution is -0.142. The number of hydrogen-bond donors (Lipinski definition) is 0. The molecule has 29 heavy (non-hydrogen) atoms. The number of halogens is 4. The first-order valence-corrected chi connectivity index (χ1v) is 9.82. The predicted molar refractivity (Wildman–Crippen MR) is 102 cm³/mol. The lowest BCUT2D eigenvalue weighted by Crippen LogP contribution is -2.40. The molecule has 2 aromatic rings. The standard InChI is InChI=1S/C20H21ClF3N3O2/c1-11-7-15(11)13-9-26(8-12-3-5-14(21)6-4-12)18-16(19(28)29-2)17(20(22,23)24)25-27(18)10-13/h3-6,11,13,15H,7-10H2,1-2H3/t11?,13?,15-/m0/s1. The molecule has 3 atom stereocenters. The fourth-order valence-corrected chi connectivity index (χ4v) is 4.39. The van der Waals surface area contributed by atoms with Crippen LogP contribution in [0.3, 0.4) is 0 Å². The summed E-state index contributed by atoms with van der Waals surface area (Å²) in [6.07, 6.45) is -3.69. The van der Waals surface area contributed by atoms with Crippen molar-refractivity contribution < 1.29 is 22.7 Å². The van der Waals surface area contributed by atoms with Gasteiger partial charge in [-0.1, -0.05) is 30.7 Å². The molecule has 0 saturated heterocycles. The minimum atomic E-state index is -4.75. The van der Waals surface area contributed by atoms with E-state index in [1.54, 1.807) is 12.1 Å². The zero-order chi connectivity index (χ0) is 20.9. The second-order valence-electron chi connectivity index (χ2n) is 7.86. The van der Waals surface area contributed by atoms with E-state index in [4.69, 9.17) is 11.6 Å². The molecule has 5 nitrogen and oxygen atoms in total. The molecule has 1 fully saturated rings. The molecule has 1 aromatic heterocycles. The number of fused-ring (bicyclic) bond motifs is 1. The lowest BCUT2D eigenvalue weighted by atomic mass is 9.98. The van der Waals surface area contributed by atoms with Gasteiger partial charge in [-0.2, -0.15) is 18.3 Å². The van der Waals surface area contributed by atoms with Crippen molar-refractivity contribution in [2.24, 2.45) is 17.8 Å². The van der Waals surface area contributed by atoms with Crippen LogP contribution in [0.1, 0.15) is 35.0 Å². The van der Waals surface area contributed by atoms with Crippen LogP contribution in [-0.4, -0.2) is 29.4 Å². The van der Waals surface area contributed by atoms with Gasteiger partial charge in [0.1, 0.15) is 11.4 Å². The fourth-order valence-electron chi connectivity index (χ4n) is 4.27. The highest BCUT2D eigenvalue weighted by atomic mass is 35.5. The summed E-state index contributed by atoms with van der Waals surface area (Å²) in [4.78, 5) is 14.1. The van der Waals surface area contributed by atoms with E-state index in [0.717, 1.165) is 19.1 Å². The minimum Gasteiger partial charge on any atom is -0.465 e. The van der Waals surface area contributed by atoms with Crippen LogP contribution in [-0.2, 0) is 24.0 Å². The summed E-state index contributed by atoms with van der Waals surface area (Å²) in [7, 11) is 1.08. The van der Waals surface area contributed by atoms with Gasteiger partial charge >= 0.3 is 12.1 Å². The number of nitrogens with zero attached hydrogens (tertiary/aromatic N) is 3. The average molecular weight is 428 g/mol. The molecule has 0 radical (unpaired) electrons. The Bertz CT molecular complexity index is 926. The van der Waals surface area contributed by atoms with Crippen molar-refractivity contribution in [3.8, 4) is 0 Å². The summed E-state index contributed by atoms with van der Waals surface area (Å²) in [6.45, 7) is 3.42. The van der Waals surface area contributed by atoms with E-state index in [0.29, 0.717) is 36.5 Å². The second kappa shape index (κ2) is 7.23. The third kappa shape index (κ3) is 3.82. The van der Waals surface area contributed by atoms with Crippen molar-refractivity contribution in [3.63, 3.8) is 0 Å². The van der Waals surface area contributed by atoms with Crippen molar-refractivity contribution in [2.75, 3.05) is 18.6 Å². The Kier molecular flexibility index (Phi) is 5.01. The topological polar surface area (TPSA) is 47.4 Å². The van der Waals surface area contributed by atoms with Gasteiger partial charge < -0.3 is 9.64 Å². The van der Waals surface area contributed by atoms with Gasteiger partial charge in [0.25, 0.3) is 0 Å². The van der Waals surface area contributed by atoms with Crippen LogP contribution in [0.5, 0.6) is 0 Å². The lowest BCUT2D eigenvalue weighted by Gasteiger charge is -2.35. The van der Waals surface area contributed by atoms with Crippen LogP contribution in [0.15, 0.2) is 24.3 Å². The molecule has 0 amide bonds. The van der Waals surface area contributed by atoms with E-state index < -0.39 is 23.4 Å². The zero-order valence-electron chi connectivity index (χ0n) is 16.0. The molecule has 2 unspecified atom stereocenters. The number of aromatic nitrogens is 2. The molecule has 2 heterocycles. The van der Waals surface area contributed by atoms with Crippen LogP contribution >= 0.6 is 11.6 Å². The van der Waals surface area contributed by atoms with E-state index >= 15 is 0 Å². The zero-order valence-corrected chi connectivity index (χ0v) is 16.8. The normalized spacial score (nSPS) is 23.7. The highest BCUT2D eigenvalue weighted by molar-refractivity contribution is 6.30. The van der Waals surface area contributed by atoms with Crippen LogP contribution in [0.2, 0.25) is 5.02 Å². The number of hydrogen-bond acceptors (Lipinski definition) is 4. The van der Waals surface area contributed by atoms with Crippen molar-refractivity contribution in [3.05, 3.63) is 46.1 Å². The second-order valence-corrected chi connectivity index (χ2v) is 8.30. The molecule has 0 bridgehead atoms. The Balaban J connectivity index is 1.79. The van der Waals surface area contributed by atoms with Crippen molar-refractivity contribution in [2.45, 2.75) is 32.6 Å². The minimum absolute atomic E-state index is 0.170. The SMILES string of the molecule is COC(=O)c1c(C(F)(F)F)nn2c1N(Cc1ccc(Cl)cc1)CC([C@H]1CC1C)C2. The molecule has 9 heteroatoms. The molecule has 0 N–H and O–H groups in total. The number of methoxy groups -OCH3 is 1. The summed E-state index contributed by atoms with van der Waals surface area (Å²) in [5.74, 6) is 0.325. The Hall–Kier alpha value is -2.22. The van der Waals surface area contributed by atoms with E-state index in [2.05, 4.69) is 16.8 Å². The molecule has 2 aliphatic rings. The van der Waals surface area contributed by atoms with Gasteiger partial charge in [-0.15, -0.1) is 0 Å². The van der Waals surface area contributed by atoms with Gasteiger partial charge in [0.05, 0.1) is 7.11 Å². The van der Waals surface area contributed by atoms with Crippen LogP contribution < -0.4 is 4.90 Å². The summed E-state index contributed by atoms with van der Waals surface area (Å²) < 4.78 is 46.9. The molecule has 1 aromatic carbocycles. The highest BCUT2D eigenvalue weighted by Crippen LogP contribution is 2.48. The maximum Gasteiger partial charge on any atom is 0.436 e. The first-order valence-electron chi connectivity index (χ1n) is 9.44. The number of carbonyl (C=O) groups is 1. The quantitative estimate of drug-likeness (QED) is 0.667. The number of alkyl halides is 3.